The van der Waals surface area contributed by atoms with E-state index in [0.29, 0.717) is 19.6 Å². The fourth-order valence-electron chi connectivity index (χ4n) is 2.98. The van der Waals surface area contributed by atoms with E-state index in [-0.39, 0.29) is 17.9 Å². The number of aliphatic hydroxyl groups excluding tert-OH is 1. The summed E-state index contributed by atoms with van der Waals surface area (Å²) in [5.74, 6) is 0.0674. The Labute approximate surface area is 112 Å². The maximum Gasteiger partial charge on any atom is 0.223 e. The van der Waals surface area contributed by atoms with E-state index >= 15 is 0 Å². The molecule has 1 aliphatic heterocycles. The molecule has 2 atom stereocenters. The third-order valence-electron chi connectivity index (χ3n) is 4.09. The van der Waals surface area contributed by atoms with E-state index in [4.69, 9.17) is 4.74 Å². The van der Waals surface area contributed by atoms with Crippen LogP contribution in [-0.4, -0.2) is 30.3 Å². The third-order valence-corrected chi connectivity index (χ3v) is 4.09. The molecule has 1 amide bonds. The van der Waals surface area contributed by atoms with Gasteiger partial charge in [0.25, 0.3) is 0 Å². The zero-order chi connectivity index (χ0) is 13.2. The highest BCUT2D eigenvalue weighted by Crippen LogP contribution is 2.31. The van der Waals surface area contributed by atoms with E-state index in [9.17, 15) is 9.90 Å². The summed E-state index contributed by atoms with van der Waals surface area (Å²) >= 11 is 0. The van der Waals surface area contributed by atoms with Crippen LogP contribution in [0.25, 0.3) is 0 Å². The smallest absolute Gasteiger partial charge is 0.223 e. The maximum atomic E-state index is 12.2. The molecule has 2 aliphatic rings. The Balaban J connectivity index is 1.71. The fourth-order valence-corrected chi connectivity index (χ4v) is 2.98. The maximum absolute atomic E-state index is 12.2. The Morgan fingerprint density at radius 1 is 1.26 bits per heavy atom. The zero-order valence-corrected chi connectivity index (χ0v) is 10.8. The van der Waals surface area contributed by atoms with Crippen molar-refractivity contribution in [3.8, 4) is 0 Å². The number of fused-ring (bicyclic) bond motifs is 1. The minimum Gasteiger partial charge on any atom is -0.390 e. The number of ether oxygens (including phenoxy) is 1. The van der Waals surface area contributed by atoms with Crippen LogP contribution < -0.4 is 5.32 Å². The molecule has 0 unspecified atom stereocenters. The average Bonchev–Trinajstić information content (AvgIpc) is 2.76. The number of benzene rings is 1. The summed E-state index contributed by atoms with van der Waals surface area (Å²) < 4.78 is 5.27. The number of rotatable bonds is 2. The largest absolute Gasteiger partial charge is 0.390 e. The van der Waals surface area contributed by atoms with E-state index in [1.807, 2.05) is 24.3 Å². The van der Waals surface area contributed by atoms with Crippen LogP contribution in [0, 0.1) is 5.92 Å². The van der Waals surface area contributed by atoms with Gasteiger partial charge in [-0.25, -0.2) is 0 Å². The second-order valence-corrected chi connectivity index (χ2v) is 5.34. The van der Waals surface area contributed by atoms with Crippen molar-refractivity contribution in [2.45, 2.75) is 31.4 Å². The van der Waals surface area contributed by atoms with Crippen molar-refractivity contribution in [2.75, 3.05) is 13.2 Å². The predicted octanol–water partition coefficient (Wildman–Crippen LogP) is 1.19. The van der Waals surface area contributed by atoms with Crippen LogP contribution in [0.15, 0.2) is 24.3 Å². The molecule has 1 heterocycles. The van der Waals surface area contributed by atoms with Gasteiger partial charge in [-0.2, -0.15) is 0 Å². The number of carbonyl (C=O) groups is 1. The second-order valence-electron chi connectivity index (χ2n) is 5.34. The molecule has 19 heavy (non-hydrogen) atoms. The first-order chi connectivity index (χ1) is 9.25. The van der Waals surface area contributed by atoms with Gasteiger partial charge in [0.05, 0.1) is 12.1 Å². The quantitative estimate of drug-likeness (QED) is 0.840. The third kappa shape index (κ3) is 2.51. The van der Waals surface area contributed by atoms with Gasteiger partial charge in [0.2, 0.25) is 5.91 Å². The van der Waals surface area contributed by atoms with Gasteiger partial charge in [-0.05, 0) is 24.0 Å². The fraction of sp³-hybridized carbons (Fsp3) is 0.533. The van der Waals surface area contributed by atoms with Crippen molar-refractivity contribution >= 4 is 5.91 Å². The normalized spacial score (nSPS) is 27.0. The van der Waals surface area contributed by atoms with Crippen LogP contribution in [0.5, 0.6) is 0 Å². The molecule has 0 aromatic heterocycles. The van der Waals surface area contributed by atoms with E-state index in [1.54, 1.807) is 0 Å². The number of hydrogen-bond donors (Lipinski definition) is 2. The van der Waals surface area contributed by atoms with Crippen LogP contribution in [-0.2, 0) is 16.0 Å². The molecule has 1 aromatic rings. The van der Waals surface area contributed by atoms with Crippen LogP contribution in [0.1, 0.15) is 30.0 Å². The Hall–Kier alpha value is -1.39. The molecule has 102 valence electrons. The Kier molecular flexibility index (Phi) is 3.53. The SMILES string of the molecule is O=C(N[C@@H]1c2ccccc2C[C@@H]1O)C1CCOCC1. The van der Waals surface area contributed by atoms with E-state index < -0.39 is 6.10 Å². The first kappa shape index (κ1) is 12.6. The number of aliphatic hydroxyl groups is 1. The highest BCUT2D eigenvalue weighted by molar-refractivity contribution is 5.79. The average molecular weight is 261 g/mol. The molecule has 2 N–H and O–H groups in total. The molecule has 1 aliphatic carbocycles. The summed E-state index contributed by atoms with van der Waals surface area (Å²) in [6.07, 6.45) is 1.66. The monoisotopic (exact) mass is 261 g/mol. The van der Waals surface area contributed by atoms with Gasteiger partial charge in [0.1, 0.15) is 0 Å². The molecule has 1 fully saturated rings. The number of nitrogens with one attached hydrogen (secondary N) is 1. The molecule has 1 saturated heterocycles. The highest BCUT2D eigenvalue weighted by Gasteiger charge is 2.33. The van der Waals surface area contributed by atoms with Crippen molar-refractivity contribution in [3.05, 3.63) is 35.4 Å². The summed E-state index contributed by atoms with van der Waals surface area (Å²) in [6.45, 7) is 1.31. The summed E-state index contributed by atoms with van der Waals surface area (Å²) in [4.78, 5) is 12.2. The van der Waals surface area contributed by atoms with Crippen LogP contribution in [0.3, 0.4) is 0 Å². The lowest BCUT2D eigenvalue weighted by atomic mass is 9.98. The van der Waals surface area contributed by atoms with E-state index in [0.717, 1.165) is 24.0 Å². The summed E-state index contributed by atoms with van der Waals surface area (Å²) in [5, 5.41) is 13.1. The van der Waals surface area contributed by atoms with Gasteiger partial charge in [-0.3, -0.25) is 4.79 Å². The molecule has 0 spiro atoms. The molecular weight excluding hydrogens is 242 g/mol. The van der Waals surface area contributed by atoms with Gasteiger partial charge in [-0.15, -0.1) is 0 Å². The topological polar surface area (TPSA) is 58.6 Å². The first-order valence-corrected chi connectivity index (χ1v) is 6.89. The molecule has 0 saturated carbocycles. The predicted molar refractivity (Wildman–Crippen MR) is 70.6 cm³/mol. The Morgan fingerprint density at radius 2 is 2.00 bits per heavy atom. The number of carbonyl (C=O) groups excluding carboxylic acids is 1. The van der Waals surface area contributed by atoms with Gasteiger partial charge in [0.15, 0.2) is 0 Å². The molecule has 1 aromatic carbocycles. The molecule has 0 radical (unpaired) electrons. The lowest BCUT2D eigenvalue weighted by Gasteiger charge is -2.25. The van der Waals surface area contributed by atoms with Gasteiger partial charge in [0, 0.05) is 25.6 Å². The number of hydrogen-bond acceptors (Lipinski definition) is 3. The summed E-state index contributed by atoms with van der Waals surface area (Å²) in [5.41, 5.74) is 2.18. The van der Waals surface area contributed by atoms with Crippen LogP contribution in [0.2, 0.25) is 0 Å². The molecule has 4 heteroatoms. The summed E-state index contributed by atoms with van der Waals surface area (Å²) in [6, 6.07) is 7.66. The number of amides is 1. The minimum absolute atomic E-state index is 0.0220. The van der Waals surface area contributed by atoms with Crippen molar-refractivity contribution in [3.63, 3.8) is 0 Å². The zero-order valence-electron chi connectivity index (χ0n) is 10.8. The van der Waals surface area contributed by atoms with E-state index in [2.05, 4.69) is 5.32 Å². The van der Waals surface area contributed by atoms with Gasteiger partial charge in [-0.1, -0.05) is 24.3 Å². The second kappa shape index (κ2) is 5.31. The Bertz CT molecular complexity index is 468. The van der Waals surface area contributed by atoms with Crippen molar-refractivity contribution < 1.29 is 14.6 Å². The first-order valence-electron chi connectivity index (χ1n) is 6.89. The molecular formula is C15H19NO3. The van der Waals surface area contributed by atoms with Crippen molar-refractivity contribution in [2.24, 2.45) is 5.92 Å². The lowest BCUT2D eigenvalue weighted by molar-refractivity contribution is -0.129. The minimum atomic E-state index is -0.513. The standard InChI is InChI=1S/C15H19NO3/c17-13-9-11-3-1-2-4-12(11)14(13)16-15(18)10-5-7-19-8-6-10/h1-4,10,13-14,17H,5-9H2,(H,16,18)/t13-,14+/m0/s1. The lowest BCUT2D eigenvalue weighted by Crippen LogP contribution is -2.39. The molecule has 0 bridgehead atoms. The van der Waals surface area contributed by atoms with Crippen molar-refractivity contribution in [1.29, 1.82) is 0 Å². The van der Waals surface area contributed by atoms with Crippen LogP contribution >= 0.6 is 0 Å². The van der Waals surface area contributed by atoms with E-state index in [1.165, 1.54) is 0 Å². The van der Waals surface area contributed by atoms with Gasteiger partial charge >= 0.3 is 0 Å². The highest BCUT2D eigenvalue weighted by atomic mass is 16.5. The van der Waals surface area contributed by atoms with Crippen molar-refractivity contribution in [1.82, 2.24) is 5.32 Å². The Morgan fingerprint density at radius 3 is 2.79 bits per heavy atom. The molecule has 4 nitrogen and oxygen atoms in total. The van der Waals surface area contributed by atoms with Crippen LogP contribution in [0.4, 0.5) is 0 Å². The molecule has 3 rings (SSSR count). The van der Waals surface area contributed by atoms with Gasteiger partial charge < -0.3 is 15.2 Å². The summed E-state index contributed by atoms with van der Waals surface area (Å²) in [7, 11) is 0.